The lowest BCUT2D eigenvalue weighted by molar-refractivity contribution is 0.0942. The Hall–Kier alpha value is -1.53. The van der Waals surface area contributed by atoms with Crippen LogP contribution in [0.3, 0.4) is 0 Å². The molecule has 1 atom stereocenters. The van der Waals surface area contributed by atoms with Gasteiger partial charge in [0, 0.05) is 0 Å². The van der Waals surface area contributed by atoms with Crippen LogP contribution in [-0.4, -0.2) is 11.9 Å². The summed E-state index contributed by atoms with van der Waals surface area (Å²) in [7, 11) is 0. The van der Waals surface area contributed by atoms with Crippen LogP contribution in [0.2, 0.25) is 5.02 Å². The van der Waals surface area contributed by atoms with E-state index in [-0.39, 0.29) is 5.91 Å². The molecular weight excluding hydrogens is 236 g/mol. The van der Waals surface area contributed by atoms with Gasteiger partial charge >= 0.3 is 0 Å². The van der Waals surface area contributed by atoms with E-state index in [9.17, 15) is 4.79 Å². The number of halogens is 1. The van der Waals surface area contributed by atoms with Gasteiger partial charge in [-0.05, 0) is 24.5 Å². The number of amides is 1. The van der Waals surface area contributed by atoms with Gasteiger partial charge in [-0.15, -0.1) is 0 Å². The second-order valence-electron chi connectivity index (χ2n) is 4.26. The lowest BCUT2D eigenvalue weighted by Crippen LogP contribution is -2.34. The molecule has 0 bridgehead atoms. The third kappa shape index (κ3) is 4.08. The number of nitrogens with zero attached hydrogens (tertiary/aromatic N) is 1. The van der Waals surface area contributed by atoms with Crippen LogP contribution >= 0.6 is 11.6 Å². The smallest absolute Gasteiger partial charge is 0.253 e. The van der Waals surface area contributed by atoms with E-state index in [0.717, 1.165) is 0 Å². The maximum atomic E-state index is 11.9. The summed E-state index contributed by atoms with van der Waals surface area (Å²) in [5, 5.41) is 12.0. The van der Waals surface area contributed by atoms with Crippen LogP contribution in [0.15, 0.2) is 24.3 Å². The third-order valence-corrected chi connectivity index (χ3v) is 2.62. The second kappa shape index (κ2) is 6.27. The highest BCUT2D eigenvalue weighted by molar-refractivity contribution is 6.33. The van der Waals surface area contributed by atoms with E-state index in [4.69, 9.17) is 16.9 Å². The molecule has 0 aliphatic heterocycles. The molecule has 1 amide bonds. The number of nitrogens with one attached hydrogen (secondary N) is 1. The molecule has 0 fully saturated rings. The van der Waals surface area contributed by atoms with Crippen molar-refractivity contribution in [1.82, 2.24) is 5.32 Å². The molecule has 1 aromatic rings. The molecule has 0 radical (unpaired) electrons. The Bertz CT molecular complexity index is 437. The number of hydrogen-bond donors (Lipinski definition) is 1. The lowest BCUT2D eigenvalue weighted by Gasteiger charge is -2.14. The van der Waals surface area contributed by atoms with Crippen molar-refractivity contribution in [2.24, 2.45) is 5.92 Å². The van der Waals surface area contributed by atoms with E-state index in [1.807, 2.05) is 13.8 Å². The highest BCUT2D eigenvalue weighted by Crippen LogP contribution is 2.15. The van der Waals surface area contributed by atoms with Crippen LogP contribution in [0.4, 0.5) is 0 Å². The fraction of sp³-hybridized carbons (Fsp3) is 0.385. The Morgan fingerprint density at radius 3 is 2.65 bits per heavy atom. The minimum absolute atomic E-state index is 0.303. The van der Waals surface area contributed by atoms with Crippen LogP contribution in [-0.2, 0) is 0 Å². The van der Waals surface area contributed by atoms with Crippen molar-refractivity contribution in [2.75, 3.05) is 0 Å². The van der Waals surface area contributed by atoms with E-state index < -0.39 is 6.04 Å². The number of carbonyl (C=O) groups excluding carboxylic acids is 1. The minimum atomic E-state index is -0.473. The molecular formula is C13H15ClN2O. The summed E-state index contributed by atoms with van der Waals surface area (Å²) >= 11 is 5.91. The average Bonchev–Trinajstić information content (AvgIpc) is 2.27. The summed E-state index contributed by atoms with van der Waals surface area (Å²) in [6.45, 7) is 4.01. The first-order valence-corrected chi connectivity index (χ1v) is 5.87. The Balaban J connectivity index is 2.72. The van der Waals surface area contributed by atoms with E-state index in [1.165, 1.54) is 0 Å². The molecule has 1 N–H and O–H groups in total. The molecule has 90 valence electrons. The van der Waals surface area contributed by atoms with Crippen molar-refractivity contribution in [3.63, 3.8) is 0 Å². The van der Waals surface area contributed by atoms with Crippen molar-refractivity contribution in [2.45, 2.75) is 26.3 Å². The molecule has 0 heterocycles. The van der Waals surface area contributed by atoms with E-state index in [1.54, 1.807) is 24.3 Å². The molecule has 0 aliphatic carbocycles. The largest absolute Gasteiger partial charge is 0.336 e. The Morgan fingerprint density at radius 1 is 1.47 bits per heavy atom. The predicted molar refractivity (Wildman–Crippen MR) is 67.8 cm³/mol. The Labute approximate surface area is 106 Å². The quantitative estimate of drug-likeness (QED) is 0.893. The van der Waals surface area contributed by atoms with Gasteiger partial charge in [-0.25, -0.2) is 0 Å². The zero-order chi connectivity index (χ0) is 12.8. The maximum absolute atomic E-state index is 11.9. The van der Waals surface area contributed by atoms with Gasteiger partial charge in [-0.2, -0.15) is 5.26 Å². The molecule has 0 saturated carbocycles. The van der Waals surface area contributed by atoms with E-state index in [0.29, 0.717) is 22.9 Å². The highest BCUT2D eigenvalue weighted by Gasteiger charge is 2.15. The highest BCUT2D eigenvalue weighted by atomic mass is 35.5. The van der Waals surface area contributed by atoms with Gasteiger partial charge in [0.2, 0.25) is 0 Å². The molecule has 1 aromatic carbocycles. The van der Waals surface area contributed by atoms with Gasteiger partial charge in [-0.3, -0.25) is 4.79 Å². The van der Waals surface area contributed by atoms with Crippen LogP contribution in [0, 0.1) is 17.2 Å². The lowest BCUT2D eigenvalue weighted by atomic mass is 10.0. The summed E-state index contributed by atoms with van der Waals surface area (Å²) in [6.07, 6.45) is 0.632. The van der Waals surface area contributed by atoms with Crippen molar-refractivity contribution in [1.29, 1.82) is 5.26 Å². The predicted octanol–water partition coefficient (Wildman–Crippen LogP) is 3.01. The summed E-state index contributed by atoms with van der Waals surface area (Å²) in [5.74, 6) is 0.0500. The Morgan fingerprint density at radius 2 is 2.12 bits per heavy atom. The Kier molecular flexibility index (Phi) is 4.99. The summed E-state index contributed by atoms with van der Waals surface area (Å²) in [6, 6.07) is 8.40. The molecule has 0 spiro atoms. The number of hydrogen-bond acceptors (Lipinski definition) is 2. The third-order valence-electron chi connectivity index (χ3n) is 2.29. The molecule has 1 rings (SSSR count). The average molecular weight is 251 g/mol. The van der Waals surface area contributed by atoms with Gasteiger partial charge in [0.05, 0.1) is 16.7 Å². The first-order chi connectivity index (χ1) is 8.04. The van der Waals surface area contributed by atoms with Gasteiger partial charge < -0.3 is 5.32 Å². The SMILES string of the molecule is CC(C)CC(C#N)NC(=O)c1ccccc1Cl. The number of benzene rings is 1. The van der Waals surface area contributed by atoms with Crippen LogP contribution in [0.1, 0.15) is 30.6 Å². The standard InChI is InChI=1S/C13H15ClN2O/c1-9(2)7-10(8-15)16-13(17)11-5-3-4-6-12(11)14/h3-6,9-10H,7H2,1-2H3,(H,16,17). The van der Waals surface area contributed by atoms with Gasteiger partial charge in [0.25, 0.3) is 5.91 Å². The maximum Gasteiger partial charge on any atom is 0.253 e. The van der Waals surface area contributed by atoms with Gasteiger partial charge in [-0.1, -0.05) is 37.6 Å². The molecule has 0 aliphatic rings. The zero-order valence-corrected chi connectivity index (χ0v) is 10.7. The van der Waals surface area contributed by atoms with Crippen LogP contribution < -0.4 is 5.32 Å². The summed E-state index contributed by atoms with van der Waals surface area (Å²) in [4.78, 5) is 11.9. The van der Waals surface area contributed by atoms with Crippen molar-refractivity contribution in [3.05, 3.63) is 34.9 Å². The zero-order valence-electron chi connectivity index (χ0n) is 9.90. The first-order valence-electron chi connectivity index (χ1n) is 5.49. The first kappa shape index (κ1) is 13.5. The molecule has 0 saturated heterocycles. The van der Waals surface area contributed by atoms with Gasteiger partial charge in [0.15, 0.2) is 0 Å². The molecule has 4 heteroatoms. The number of carbonyl (C=O) groups is 1. The van der Waals surface area contributed by atoms with Crippen LogP contribution in [0.5, 0.6) is 0 Å². The monoisotopic (exact) mass is 250 g/mol. The summed E-state index contributed by atoms with van der Waals surface area (Å²) in [5.41, 5.74) is 0.401. The molecule has 1 unspecified atom stereocenters. The summed E-state index contributed by atoms with van der Waals surface area (Å²) < 4.78 is 0. The molecule has 0 aromatic heterocycles. The van der Waals surface area contributed by atoms with E-state index >= 15 is 0 Å². The second-order valence-corrected chi connectivity index (χ2v) is 4.67. The fourth-order valence-corrected chi connectivity index (χ4v) is 1.72. The fourth-order valence-electron chi connectivity index (χ4n) is 1.50. The number of nitriles is 1. The van der Waals surface area contributed by atoms with Crippen molar-refractivity contribution >= 4 is 17.5 Å². The van der Waals surface area contributed by atoms with Crippen LogP contribution in [0.25, 0.3) is 0 Å². The minimum Gasteiger partial charge on any atom is -0.336 e. The van der Waals surface area contributed by atoms with Crippen molar-refractivity contribution < 1.29 is 4.79 Å². The normalized spacial score (nSPS) is 11.9. The molecule has 3 nitrogen and oxygen atoms in total. The molecule has 17 heavy (non-hydrogen) atoms. The number of rotatable bonds is 4. The topological polar surface area (TPSA) is 52.9 Å². The van der Waals surface area contributed by atoms with Gasteiger partial charge in [0.1, 0.15) is 6.04 Å². The van der Waals surface area contributed by atoms with E-state index in [2.05, 4.69) is 11.4 Å². The van der Waals surface area contributed by atoms with Crippen molar-refractivity contribution in [3.8, 4) is 6.07 Å².